The maximum atomic E-state index is 12.1. The minimum atomic E-state index is -0.304. The first-order valence-corrected chi connectivity index (χ1v) is 12.2. The predicted octanol–water partition coefficient (Wildman–Crippen LogP) is 3.68. The molecule has 9 nitrogen and oxygen atoms in total. The highest BCUT2D eigenvalue weighted by Crippen LogP contribution is 2.33. The molecule has 9 heteroatoms. The van der Waals surface area contributed by atoms with Crippen LogP contribution in [0.5, 0.6) is 5.75 Å². The smallest absolute Gasteiger partial charge is 0.298 e. The Labute approximate surface area is 212 Å². The van der Waals surface area contributed by atoms with Gasteiger partial charge in [-0.3, -0.25) is 14.5 Å². The van der Waals surface area contributed by atoms with Crippen LogP contribution in [0.25, 0.3) is 0 Å². The summed E-state index contributed by atoms with van der Waals surface area (Å²) in [5.74, 6) is 0.700. The van der Waals surface area contributed by atoms with Crippen LogP contribution in [0.2, 0.25) is 0 Å². The fourth-order valence-corrected chi connectivity index (χ4v) is 4.77. The normalized spacial score (nSPS) is 19.4. The Hall–Kier alpha value is -3.77. The minimum Gasteiger partial charge on any atom is -0.427 e. The molecule has 1 saturated heterocycles. The number of carbonyl (C=O) groups is 2. The van der Waals surface area contributed by atoms with Crippen molar-refractivity contribution in [3.63, 3.8) is 0 Å². The first-order valence-electron chi connectivity index (χ1n) is 12.2. The number of anilines is 1. The van der Waals surface area contributed by atoms with Crippen molar-refractivity contribution >= 4 is 23.9 Å². The summed E-state index contributed by atoms with van der Waals surface area (Å²) in [4.78, 5) is 36.4. The summed E-state index contributed by atoms with van der Waals surface area (Å²) in [7, 11) is 1.80. The number of aryl methyl sites for hydroxylation is 1. The van der Waals surface area contributed by atoms with Crippen LogP contribution in [0.4, 0.5) is 5.69 Å². The molecule has 0 saturated carbocycles. The molecule has 3 atom stereocenters. The van der Waals surface area contributed by atoms with Gasteiger partial charge >= 0.3 is 0 Å². The number of amidine groups is 1. The van der Waals surface area contributed by atoms with E-state index in [0.717, 1.165) is 29.8 Å². The fraction of sp³-hybridized carbons (Fsp3) is 0.444. The molecule has 1 amide bonds. The second-order valence-corrected chi connectivity index (χ2v) is 9.08. The zero-order chi connectivity index (χ0) is 26.4. The van der Waals surface area contributed by atoms with E-state index in [0.29, 0.717) is 36.0 Å². The maximum absolute atomic E-state index is 12.1. The third kappa shape index (κ3) is 5.71. The third-order valence-electron chi connectivity index (χ3n) is 6.74. The van der Waals surface area contributed by atoms with Gasteiger partial charge in [0.1, 0.15) is 17.5 Å². The minimum absolute atomic E-state index is 0.0433. The van der Waals surface area contributed by atoms with Gasteiger partial charge in [0, 0.05) is 45.2 Å². The number of aromatic nitrogens is 1. The number of hydrogen-bond acceptors (Lipinski definition) is 7. The van der Waals surface area contributed by atoms with Gasteiger partial charge in [-0.05, 0) is 56.5 Å². The van der Waals surface area contributed by atoms with E-state index in [9.17, 15) is 14.9 Å². The van der Waals surface area contributed by atoms with Crippen LogP contribution >= 0.6 is 0 Å². The molecule has 3 rings (SSSR count). The summed E-state index contributed by atoms with van der Waals surface area (Å²) in [5, 5.41) is 12.5. The van der Waals surface area contributed by atoms with Crippen LogP contribution in [-0.2, 0) is 9.59 Å². The van der Waals surface area contributed by atoms with Gasteiger partial charge in [-0.1, -0.05) is 19.1 Å². The molecule has 0 aliphatic carbocycles. The predicted molar refractivity (Wildman–Crippen MR) is 139 cm³/mol. The summed E-state index contributed by atoms with van der Waals surface area (Å²) in [5.41, 5.74) is 3.58. The lowest BCUT2D eigenvalue weighted by Crippen LogP contribution is -2.59. The summed E-state index contributed by atoms with van der Waals surface area (Å²) >= 11 is 0. The number of ether oxygens (including phenoxy) is 1. The summed E-state index contributed by atoms with van der Waals surface area (Å²) in [6.45, 7) is 11.6. The first-order chi connectivity index (χ1) is 17.2. The van der Waals surface area contributed by atoms with Gasteiger partial charge in [-0.15, -0.1) is 0 Å². The number of aliphatic imine (C=N–C) groups is 1. The number of carbonyl (C=O) groups excluding carboxylic acids is 2. The first kappa shape index (κ1) is 26.8. The molecule has 2 heterocycles. The van der Waals surface area contributed by atoms with Crippen molar-refractivity contribution in [2.24, 2.45) is 4.99 Å². The molecule has 0 spiro atoms. The van der Waals surface area contributed by atoms with Crippen LogP contribution in [0, 0.1) is 18.3 Å². The highest BCUT2D eigenvalue weighted by molar-refractivity contribution is 6.04. The van der Waals surface area contributed by atoms with Crippen LogP contribution < -0.4 is 10.1 Å². The summed E-state index contributed by atoms with van der Waals surface area (Å²) in [6.07, 6.45) is 0.900. The molecule has 1 N–H and O–H groups in total. The molecule has 1 aliphatic heterocycles. The molecule has 2 unspecified atom stereocenters. The van der Waals surface area contributed by atoms with Crippen molar-refractivity contribution in [2.75, 3.05) is 25.5 Å². The lowest BCUT2D eigenvalue weighted by molar-refractivity contribution is -0.120. The maximum Gasteiger partial charge on any atom is 0.298 e. The van der Waals surface area contributed by atoms with Gasteiger partial charge in [0.25, 0.3) is 6.47 Å². The molecule has 1 aromatic carbocycles. The van der Waals surface area contributed by atoms with Gasteiger partial charge in [0.2, 0.25) is 5.91 Å². The molecule has 0 radical (unpaired) electrons. The number of nitriles is 1. The summed E-state index contributed by atoms with van der Waals surface area (Å²) in [6, 6.07) is 11.7. The Morgan fingerprint density at radius 3 is 2.72 bits per heavy atom. The molecule has 1 aromatic heterocycles. The number of nitrogens with one attached hydrogen (secondary N) is 1. The average Bonchev–Trinajstić information content (AvgIpc) is 2.87. The third-order valence-corrected chi connectivity index (χ3v) is 6.74. The number of amides is 1. The van der Waals surface area contributed by atoms with E-state index in [4.69, 9.17) is 4.74 Å². The van der Waals surface area contributed by atoms with Crippen molar-refractivity contribution in [3.8, 4) is 11.8 Å². The molecular formula is C27H34N6O3. The van der Waals surface area contributed by atoms with Crippen molar-refractivity contribution < 1.29 is 14.3 Å². The number of nitrogens with zero attached hydrogens (tertiary/aromatic N) is 5. The van der Waals surface area contributed by atoms with E-state index in [1.165, 1.54) is 6.92 Å². The van der Waals surface area contributed by atoms with Crippen molar-refractivity contribution in [1.82, 2.24) is 14.8 Å². The van der Waals surface area contributed by atoms with E-state index in [-0.39, 0.29) is 24.0 Å². The largest absolute Gasteiger partial charge is 0.427 e. The Morgan fingerprint density at radius 1 is 1.36 bits per heavy atom. The fourth-order valence-electron chi connectivity index (χ4n) is 4.77. The zero-order valence-electron chi connectivity index (χ0n) is 21.8. The zero-order valence-corrected chi connectivity index (χ0v) is 21.8. The van der Waals surface area contributed by atoms with Crippen molar-refractivity contribution in [2.45, 2.75) is 59.2 Å². The van der Waals surface area contributed by atoms with Crippen LogP contribution in [-0.4, -0.2) is 65.2 Å². The molecule has 1 aliphatic rings. The second kappa shape index (κ2) is 11.8. The van der Waals surface area contributed by atoms with Gasteiger partial charge in [-0.25, -0.2) is 4.98 Å². The van der Waals surface area contributed by atoms with Gasteiger partial charge in [0.05, 0.1) is 5.69 Å². The Kier molecular flexibility index (Phi) is 8.78. The quantitative estimate of drug-likeness (QED) is 0.356. The van der Waals surface area contributed by atoms with Crippen LogP contribution in [0.15, 0.2) is 35.3 Å². The molecule has 190 valence electrons. The van der Waals surface area contributed by atoms with E-state index in [1.807, 2.05) is 25.1 Å². The molecular weight excluding hydrogens is 456 g/mol. The second-order valence-electron chi connectivity index (χ2n) is 9.08. The highest BCUT2D eigenvalue weighted by atomic mass is 16.5. The van der Waals surface area contributed by atoms with Crippen LogP contribution in [0.3, 0.4) is 0 Å². The van der Waals surface area contributed by atoms with E-state index in [2.05, 4.69) is 51.9 Å². The van der Waals surface area contributed by atoms with Gasteiger partial charge in [0.15, 0.2) is 11.6 Å². The Balaban J connectivity index is 1.94. The number of rotatable bonds is 7. The molecule has 1 fully saturated rings. The SMILES string of the molecule is CC[C@@H]1CN(C(=NC(C)=O)c2nc(C#N)ccc2C)C(C)CN1C(C)c1ccc(OC=O)c(NC)c1. The molecule has 0 bridgehead atoms. The number of hydrogen-bond donors (Lipinski definition) is 1. The average molecular weight is 491 g/mol. The van der Waals surface area contributed by atoms with E-state index in [1.54, 1.807) is 19.2 Å². The van der Waals surface area contributed by atoms with Gasteiger partial charge < -0.3 is 15.0 Å². The van der Waals surface area contributed by atoms with E-state index < -0.39 is 0 Å². The summed E-state index contributed by atoms with van der Waals surface area (Å²) < 4.78 is 5.08. The number of benzene rings is 1. The number of pyridine rings is 1. The standard InChI is InChI=1S/C27H34N6O3/c1-7-23-15-32(27(30-20(5)35)26-17(2)8-10-22(13-28)31-26)18(3)14-33(23)19(4)21-9-11-25(36-16-34)24(12-21)29-6/h8-12,16,18-19,23,29H,7,14-15H2,1-6H3/t18?,19?,23-/m1/s1. The van der Waals surface area contributed by atoms with Crippen molar-refractivity contribution in [3.05, 3.63) is 52.8 Å². The van der Waals surface area contributed by atoms with Crippen molar-refractivity contribution in [1.29, 1.82) is 5.26 Å². The lowest BCUT2D eigenvalue weighted by Gasteiger charge is -2.48. The lowest BCUT2D eigenvalue weighted by atomic mass is 9.97. The number of piperazine rings is 1. The topological polar surface area (TPSA) is 111 Å². The monoisotopic (exact) mass is 490 g/mol. The Morgan fingerprint density at radius 2 is 2.11 bits per heavy atom. The van der Waals surface area contributed by atoms with Crippen LogP contribution in [0.1, 0.15) is 62.7 Å². The van der Waals surface area contributed by atoms with Gasteiger partial charge in [-0.2, -0.15) is 10.3 Å². The molecule has 36 heavy (non-hydrogen) atoms. The molecule has 2 aromatic rings. The highest BCUT2D eigenvalue weighted by Gasteiger charge is 2.36. The Bertz CT molecular complexity index is 1190. The van der Waals surface area contributed by atoms with E-state index >= 15 is 0 Å².